The van der Waals surface area contributed by atoms with Crippen LogP contribution in [0.25, 0.3) is 5.69 Å². The summed E-state index contributed by atoms with van der Waals surface area (Å²) in [7, 11) is 0. The van der Waals surface area contributed by atoms with E-state index < -0.39 is 17.3 Å². The van der Waals surface area contributed by atoms with Crippen LogP contribution >= 0.6 is 0 Å². The quantitative estimate of drug-likeness (QED) is 0.355. The number of carbonyl (C=O) groups excluding carboxylic acids is 2. The Morgan fingerprint density at radius 1 is 0.879 bits per heavy atom. The molecule has 1 aromatic heterocycles. The van der Waals surface area contributed by atoms with Crippen LogP contribution in [0, 0.1) is 6.92 Å². The number of hydrogen-bond donors (Lipinski definition) is 1. The van der Waals surface area contributed by atoms with Gasteiger partial charge in [0.05, 0.1) is 5.56 Å². The van der Waals surface area contributed by atoms with Crippen LogP contribution in [0.3, 0.4) is 0 Å². The van der Waals surface area contributed by atoms with Crippen LogP contribution in [0.2, 0.25) is 0 Å². The van der Waals surface area contributed by atoms with Gasteiger partial charge in [-0.2, -0.15) is 0 Å². The smallest absolute Gasteiger partial charge is 0.344 e. The Bertz CT molecular complexity index is 1380. The van der Waals surface area contributed by atoms with Gasteiger partial charge in [0.1, 0.15) is 17.9 Å². The SMILES string of the molecule is Cc1ccc(O)c(C(=O)c2cc(C(=O)OCc3ccccc3)c(=O)n(-c3ccccc3)c2)c1. The molecular formula is C27H21NO5. The number of phenolic OH excluding ortho intramolecular Hbond substituents is 1. The van der Waals surface area contributed by atoms with E-state index >= 15 is 0 Å². The molecule has 6 nitrogen and oxygen atoms in total. The third kappa shape index (κ3) is 4.75. The van der Waals surface area contributed by atoms with Gasteiger partial charge in [-0.05, 0) is 42.8 Å². The van der Waals surface area contributed by atoms with Crippen molar-refractivity contribution >= 4 is 11.8 Å². The van der Waals surface area contributed by atoms with Crippen molar-refractivity contribution in [3.05, 3.63) is 129 Å². The van der Waals surface area contributed by atoms with Crippen LogP contribution < -0.4 is 5.56 Å². The van der Waals surface area contributed by atoms with Gasteiger partial charge in [-0.3, -0.25) is 14.2 Å². The molecule has 0 bridgehead atoms. The summed E-state index contributed by atoms with van der Waals surface area (Å²) in [5.41, 5.74) is 1.32. The molecule has 0 radical (unpaired) electrons. The standard InChI is InChI=1S/C27H21NO5/c1-18-12-13-24(29)22(14-18)25(30)20-15-23(27(32)33-17-19-8-4-2-5-9-19)26(31)28(16-20)21-10-6-3-7-11-21/h2-16,29H,17H2,1H3. The number of hydrogen-bond acceptors (Lipinski definition) is 5. The number of ketones is 1. The predicted octanol–water partition coefficient (Wildman–Crippen LogP) is 4.44. The van der Waals surface area contributed by atoms with E-state index in [1.807, 2.05) is 18.2 Å². The molecule has 4 aromatic rings. The average molecular weight is 439 g/mol. The van der Waals surface area contributed by atoms with Crippen molar-refractivity contribution in [2.75, 3.05) is 0 Å². The number of nitrogens with zero attached hydrogens (tertiary/aromatic N) is 1. The van der Waals surface area contributed by atoms with Crippen LogP contribution in [0.15, 0.2) is 95.9 Å². The zero-order valence-electron chi connectivity index (χ0n) is 17.9. The fourth-order valence-corrected chi connectivity index (χ4v) is 3.42. The van der Waals surface area contributed by atoms with Gasteiger partial charge in [0.25, 0.3) is 5.56 Å². The molecule has 0 saturated carbocycles. The lowest BCUT2D eigenvalue weighted by Crippen LogP contribution is -2.27. The largest absolute Gasteiger partial charge is 0.507 e. The molecule has 0 aliphatic carbocycles. The Hall–Kier alpha value is -4.45. The van der Waals surface area contributed by atoms with Gasteiger partial charge in [-0.25, -0.2) is 4.79 Å². The molecule has 1 N–H and O–H groups in total. The number of pyridine rings is 1. The summed E-state index contributed by atoms with van der Waals surface area (Å²) in [6.07, 6.45) is 1.37. The van der Waals surface area contributed by atoms with Gasteiger partial charge in [0, 0.05) is 17.4 Å². The lowest BCUT2D eigenvalue weighted by Gasteiger charge is -2.12. The molecule has 0 spiro atoms. The van der Waals surface area contributed by atoms with Gasteiger partial charge >= 0.3 is 5.97 Å². The van der Waals surface area contributed by atoms with Gasteiger partial charge in [-0.1, -0.05) is 60.2 Å². The first kappa shape index (κ1) is 21.8. The molecule has 0 saturated heterocycles. The minimum atomic E-state index is -0.836. The summed E-state index contributed by atoms with van der Waals surface area (Å²) >= 11 is 0. The number of aryl methyl sites for hydroxylation is 1. The van der Waals surface area contributed by atoms with E-state index in [0.29, 0.717) is 5.69 Å². The second-order valence-corrected chi connectivity index (χ2v) is 7.56. The Morgan fingerprint density at radius 2 is 1.55 bits per heavy atom. The van der Waals surface area contributed by atoms with Crippen molar-refractivity contribution < 1.29 is 19.4 Å². The molecule has 1 heterocycles. The lowest BCUT2D eigenvalue weighted by molar-refractivity contribution is 0.0470. The molecule has 33 heavy (non-hydrogen) atoms. The summed E-state index contributed by atoms with van der Waals surface area (Å²) in [4.78, 5) is 39.3. The number of benzene rings is 3. The summed E-state index contributed by atoms with van der Waals surface area (Å²) in [5.74, 6) is -1.54. The summed E-state index contributed by atoms with van der Waals surface area (Å²) < 4.78 is 6.59. The average Bonchev–Trinajstić information content (AvgIpc) is 2.85. The monoisotopic (exact) mass is 439 g/mol. The predicted molar refractivity (Wildman–Crippen MR) is 124 cm³/mol. The molecule has 6 heteroatoms. The third-order valence-electron chi connectivity index (χ3n) is 5.14. The Kier molecular flexibility index (Phi) is 6.17. The van der Waals surface area contributed by atoms with Gasteiger partial charge in [-0.15, -0.1) is 0 Å². The molecule has 0 amide bonds. The maximum atomic E-state index is 13.2. The number of esters is 1. The van der Waals surface area contributed by atoms with Gasteiger partial charge in [0.2, 0.25) is 0 Å². The van der Waals surface area contributed by atoms with Crippen LogP contribution in [0.5, 0.6) is 5.75 Å². The van der Waals surface area contributed by atoms with Crippen molar-refractivity contribution in [2.45, 2.75) is 13.5 Å². The maximum absolute atomic E-state index is 13.2. The Balaban J connectivity index is 1.79. The number of aromatic hydroxyl groups is 1. The first-order valence-electron chi connectivity index (χ1n) is 10.3. The van der Waals surface area contributed by atoms with E-state index in [2.05, 4.69) is 0 Å². The topological polar surface area (TPSA) is 85.6 Å². The lowest BCUT2D eigenvalue weighted by atomic mass is 10.0. The maximum Gasteiger partial charge on any atom is 0.344 e. The van der Waals surface area contributed by atoms with Gasteiger partial charge in [0.15, 0.2) is 5.78 Å². The molecule has 4 rings (SSSR count). The summed E-state index contributed by atoms with van der Waals surface area (Å²) in [5, 5.41) is 10.2. The summed E-state index contributed by atoms with van der Waals surface area (Å²) in [6.45, 7) is 1.79. The number of para-hydroxylation sites is 1. The fourth-order valence-electron chi connectivity index (χ4n) is 3.42. The van der Waals surface area contributed by atoms with E-state index in [-0.39, 0.29) is 29.0 Å². The molecule has 0 unspecified atom stereocenters. The van der Waals surface area contributed by atoms with E-state index in [1.54, 1.807) is 61.5 Å². The van der Waals surface area contributed by atoms with Crippen molar-refractivity contribution in [2.24, 2.45) is 0 Å². The highest BCUT2D eigenvalue weighted by Crippen LogP contribution is 2.22. The first-order valence-corrected chi connectivity index (χ1v) is 10.3. The minimum Gasteiger partial charge on any atom is -0.507 e. The van der Waals surface area contributed by atoms with Gasteiger partial charge < -0.3 is 9.84 Å². The van der Waals surface area contributed by atoms with Crippen molar-refractivity contribution in [3.8, 4) is 11.4 Å². The van der Waals surface area contributed by atoms with E-state index in [9.17, 15) is 19.5 Å². The minimum absolute atomic E-state index is 0.0126. The Labute approximate surface area is 190 Å². The molecule has 0 aliphatic heterocycles. The van der Waals surface area contributed by atoms with Crippen LogP contribution in [-0.4, -0.2) is 21.4 Å². The van der Waals surface area contributed by atoms with Crippen LogP contribution in [0.4, 0.5) is 0 Å². The Morgan fingerprint density at radius 3 is 2.24 bits per heavy atom. The van der Waals surface area contributed by atoms with E-state index in [0.717, 1.165) is 11.1 Å². The van der Waals surface area contributed by atoms with E-state index in [4.69, 9.17) is 4.74 Å². The van der Waals surface area contributed by atoms with Crippen molar-refractivity contribution in [3.63, 3.8) is 0 Å². The molecule has 164 valence electrons. The van der Waals surface area contributed by atoms with Crippen LogP contribution in [-0.2, 0) is 11.3 Å². The van der Waals surface area contributed by atoms with Crippen LogP contribution in [0.1, 0.15) is 37.4 Å². The second kappa shape index (κ2) is 9.36. The third-order valence-corrected chi connectivity index (χ3v) is 5.14. The number of ether oxygens (including phenoxy) is 1. The normalized spacial score (nSPS) is 10.6. The van der Waals surface area contributed by atoms with Crippen molar-refractivity contribution in [1.29, 1.82) is 0 Å². The molecule has 3 aromatic carbocycles. The zero-order valence-corrected chi connectivity index (χ0v) is 17.9. The van der Waals surface area contributed by atoms with E-state index in [1.165, 1.54) is 22.9 Å². The molecule has 0 aliphatic rings. The van der Waals surface area contributed by atoms with Crippen molar-refractivity contribution in [1.82, 2.24) is 4.57 Å². The second-order valence-electron chi connectivity index (χ2n) is 7.56. The zero-order chi connectivity index (χ0) is 23.4. The number of rotatable bonds is 6. The molecule has 0 fully saturated rings. The number of phenols is 1. The molecule has 0 atom stereocenters. The number of aromatic nitrogens is 1. The highest BCUT2D eigenvalue weighted by molar-refractivity contribution is 6.11. The highest BCUT2D eigenvalue weighted by Gasteiger charge is 2.22. The summed E-state index contributed by atoms with van der Waals surface area (Å²) in [6, 6.07) is 23.7. The first-order chi connectivity index (χ1) is 15.9. The number of carbonyl (C=O) groups is 2. The fraction of sp³-hybridized carbons (Fsp3) is 0.0741. The highest BCUT2D eigenvalue weighted by atomic mass is 16.5. The molecular weight excluding hydrogens is 418 g/mol.